The second-order valence-electron chi connectivity index (χ2n) is 3.25. The Balaban J connectivity index is 2.12. The smallest absolute Gasteiger partial charge is 0.263 e. The highest BCUT2D eigenvalue weighted by Crippen LogP contribution is 2.29. The van der Waals surface area contributed by atoms with Crippen molar-refractivity contribution in [1.29, 1.82) is 0 Å². The number of amides is 1. The average Bonchev–Trinajstić information content (AvgIpc) is 3.00. The van der Waals surface area contributed by atoms with Crippen LogP contribution in [0.25, 0.3) is 0 Å². The lowest BCUT2D eigenvalue weighted by Crippen LogP contribution is -2.23. The highest BCUT2D eigenvalue weighted by Gasteiger charge is 2.30. The largest absolute Gasteiger partial charge is 0.282 e. The lowest BCUT2D eigenvalue weighted by Gasteiger charge is -2.13. The molecule has 68 valence electrons. The predicted octanol–water partition coefficient (Wildman–Crippen LogP) is 2.14. The van der Waals surface area contributed by atoms with Gasteiger partial charge >= 0.3 is 0 Å². The number of nitrogens with zero attached hydrogens (tertiary/aromatic N) is 1. The van der Waals surface area contributed by atoms with Crippen molar-refractivity contribution in [2.45, 2.75) is 18.9 Å². The first-order chi connectivity index (χ1) is 6.29. The van der Waals surface area contributed by atoms with Crippen molar-refractivity contribution in [3.8, 4) is 0 Å². The summed E-state index contributed by atoms with van der Waals surface area (Å²) in [5.74, 6) is 0.00596. The Labute approximate surface area is 83.1 Å². The third kappa shape index (κ3) is 1.86. The molecule has 3 heteroatoms. The fourth-order valence-electron chi connectivity index (χ4n) is 1.20. The van der Waals surface area contributed by atoms with Gasteiger partial charge in [0.2, 0.25) is 0 Å². The molecule has 1 aromatic carbocycles. The van der Waals surface area contributed by atoms with Gasteiger partial charge in [-0.3, -0.25) is 9.10 Å². The van der Waals surface area contributed by atoms with Gasteiger partial charge in [-0.1, -0.05) is 31.0 Å². The zero-order chi connectivity index (χ0) is 9.26. The van der Waals surface area contributed by atoms with E-state index in [1.165, 1.54) is 4.31 Å². The molecule has 2 nitrogen and oxygen atoms in total. The first-order valence-corrected chi connectivity index (χ1v) is 4.76. The molecule has 0 atom stereocenters. The number of carbonyl (C=O) groups excluding carboxylic acids is 1. The molecule has 1 saturated carbocycles. The van der Waals surface area contributed by atoms with E-state index in [9.17, 15) is 4.79 Å². The predicted molar refractivity (Wildman–Crippen MR) is 54.6 cm³/mol. The van der Waals surface area contributed by atoms with Gasteiger partial charge in [-0.2, -0.15) is 0 Å². The van der Waals surface area contributed by atoms with Crippen LogP contribution in [0.4, 0.5) is 0 Å². The third-order valence-electron chi connectivity index (χ3n) is 2.12. The molecule has 0 N–H and O–H groups in total. The van der Waals surface area contributed by atoms with E-state index >= 15 is 0 Å². The fraction of sp³-hybridized carbons (Fsp3) is 0.300. The molecule has 0 radical (unpaired) electrons. The Morgan fingerprint density at radius 1 is 1.31 bits per heavy atom. The lowest BCUT2D eigenvalue weighted by atomic mass is 10.2. The van der Waals surface area contributed by atoms with Crippen LogP contribution in [0.3, 0.4) is 0 Å². The monoisotopic (exact) mass is 193 g/mol. The normalized spacial score (nSPS) is 15.5. The van der Waals surface area contributed by atoms with Crippen LogP contribution in [0.15, 0.2) is 30.3 Å². The zero-order valence-corrected chi connectivity index (χ0v) is 8.08. The van der Waals surface area contributed by atoms with E-state index in [1.54, 1.807) is 0 Å². The number of hydrogen-bond donors (Lipinski definition) is 1. The Bertz CT molecular complexity index is 308. The van der Waals surface area contributed by atoms with Gasteiger partial charge in [-0.05, 0) is 25.0 Å². The summed E-state index contributed by atoms with van der Waals surface area (Å²) in [5, 5.41) is 0. The van der Waals surface area contributed by atoms with Gasteiger partial charge in [-0.25, -0.2) is 0 Å². The second kappa shape index (κ2) is 3.42. The number of benzene rings is 1. The van der Waals surface area contributed by atoms with Crippen molar-refractivity contribution in [2.24, 2.45) is 0 Å². The topological polar surface area (TPSA) is 20.3 Å². The highest BCUT2D eigenvalue weighted by atomic mass is 32.1. The van der Waals surface area contributed by atoms with Crippen LogP contribution in [0.1, 0.15) is 23.2 Å². The summed E-state index contributed by atoms with van der Waals surface area (Å²) in [7, 11) is 0. The van der Waals surface area contributed by atoms with Crippen molar-refractivity contribution in [3.05, 3.63) is 35.9 Å². The van der Waals surface area contributed by atoms with E-state index in [0.29, 0.717) is 11.6 Å². The summed E-state index contributed by atoms with van der Waals surface area (Å²) in [6.45, 7) is 0. The molecular formula is C10H11NOS. The van der Waals surface area contributed by atoms with E-state index in [1.807, 2.05) is 30.3 Å². The van der Waals surface area contributed by atoms with Gasteiger partial charge in [0.25, 0.3) is 5.91 Å². The molecule has 0 heterocycles. The molecule has 0 saturated heterocycles. The maximum absolute atomic E-state index is 11.7. The molecule has 0 aromatic heterocycles. The van der Waals surface area contributed by atoms with Crippen molar-refractivity contribution in [1.82, 2.24) is 4.31 Å². The van der Waals surface area contributed by atoms with Crippen molar-refractivity contribution >= 4 is 18.7 Å². The van der Waals surface area contributed by atoms with Crippen molar-refractivity contribution < 1.29 is 4.79 Å². The Morgan fingerprint density at radius 3 is 2.46 bits per heavy atom. The standard InChI is InChI=1S/C10H11NOS/c12-10(11(13)9-6-7-9)8-4-2-1-3-5-8/h1-5,9,13H,6-7H2. The molecule has 1 fully saturated rings. The molecule has 0 unspecified atom stereocenters. The van der Waals surface area contributed by atoms with Crippen molar-refractivity contribution in [3.63, 3.8) is 0 Å². The summed E-state index contributed by atoms with van der Waals surface area (Å²) in [6, 6.07) is 9.61. The first-order valence-electron chi connectivity index (χ1n) is 4.36. The number of thiol groups is 1. The molecule has 1 aliphatic rings. The van der Waals surface area contributed by atoms with Crippen molar-refractivity contribution in [2.75, 3.05) is 0 Å². The summed E-state index contributed by atoms with van der Waals surface area (Å²) < 4.78 is 1.54. The van der Waals surface area contributed by atoms with Gasteiger partial charge in [-0.15, -0.1) is 0 Å². The number of carbonyl (C=O) groups is 1. The SMILES string of the molecule is O=C(c1ccccc1)N(S)C1CC1. The summed E-state index contributed by atoms with van der Waals surface area (Å²) in [5.41, 5.74) is 0.712. The molecular weight excluding hydrogens is 182 g/mol. The van der Waals surface area contributed by atoms with Gasteiger partial charge in [0, 0.05) is 11.6 Å². The number of rotatable bonds is 2. The molecule has 13 heavy (non-hydrogen) atoms. The van der Waals surface area contributed by atoms with Gasteiger partial charge in [0.15, 0.2) is 0 Å². The molecule has 1 amide bonds. The van der Waals surface area contributed by atoms with E-state index < -0.39 is 0 Å². The van der Waals surface area contributed by atoms with Gasteiger partial charge in [0.1, 0.15) is 0 Å². The minimum absolute atomic E-state index is 0.00596. The number of hydrogen-bond acceptors (Lipinski definition) is 2. The van der Waals surface area contributed by atoms with Crippen LogP contribution >= 0.6 is 12.8 Å². The van der Waals surface area contributed by atoms with Crippen LogP contribution < -0.4 is 0 Å². The highest BCUT2D eigenvalue weighted by molar-refractivity contribution is 7.78. The summed E-state index contributed by atoms with van der Waals surface area (Å²) in [6.07, 6.45) is 2.17. The Morgan fingerprint density at radius 2 is 1.92 bits per heavy atom. The second-order valence-corrected chi connectivity index (χ2v) is 3.68. The maximum atomic E-state index is 11.7. The van der Waals surface area contributed by atoms with Crippen LogP contribution in [0.5, 0.6) is 0 Å². The molecule has 0 aliphatic heterocycles. The van der Waals surface area contributed by atoms with Crippen LogP contribution in [-0.4, -0.2) is 16.3 Å². The quantitative estimate of drug-likeness (QED) is 0.713. The lowest BCUT2D eigenvalue weighted by molar-refractivity contribution is 0.0868. The average molecular weight is 193 g/mol. The Hall–Kier alpha value is -0.960. The zero-order valence-electron chi connectivity index (χ0n) is 7.18. The third-order valence-corrected chi connectivity index (χ3v) is 2.63. The van der Waals surface area contributed by atoms with Crippen LogP contribution in [-0.2, 0) is 0 Å². The Kier molecular flexibility index (Phi) is 2.27. The molecule has 2 rings (SSSR count). The minimum Gasteiger partial charge on any atom is -0.282 e. The summed E-state index contributed by atoms with van der Waals surface area (Å²) >= 11 is 4.18. The van der Waals surface area contributed by atoms with Crippen LogP contribution in [0, 0.1) is 0 Å². The maximum Gasteiger partial charge on any atom is 0.263 e. The van der Waals surface area contributed by atoms with Gasteiger partial charge in [0.05, 0.1) is 0 Å². The van der Waals surface area contributed by atoms with E-state index in [0.717, 1.165) is 12.8 Å². The molecule has 1 aliphatic carbocycles. The van der Waals surface area contributed by atoms with E-state index in [-0.39, 0.29) is 5.91 Å². The molecule has 0 spiro atoms. The van der Waals surface area contributed by atoms with Crippen LogP contribution in [0.2, 0.25) is 0 Å². The van der Waals surface area contributed by atoms with E-state index in [2.05, 4.69) is 12.8 Å². The molecule has 0 bridgehead atoms. The summed E-state index contributed by atoms with van der Waals surface area (Å²) in [4.78, 5) is 11.7. The molecule has 1 aromatic rings. The minimum atomic E-state index is 0.00596. The fourth-order valence-corrected chi connectivity index (χ4v) is 1.54. The van der Waals surface area contributed by atoms with Gasteiger partial charge < -0.3 is 0 Å². The first kappa shape index (κ1) is 8.63. The van der Waals surface area contributed by atoms with E-state index in [4.69, 9.17) is 0 Å².